The zero-order valence-electron chi connectivity index (χ0n) is 17.5. The van der Waals surface area contributed by atoms with E-state index < -0.39 is 6.36 Å². The lowest BCUT2D eigenvalue weighted by Gasteiger charge is -2.35. The largest absolute Gasteiger partial charge is 0.573 e. The van der Waals surface area contributed by atoms with Crippen LogP contribution in [0.5, 0.6) is 11.5 Å². The Bertz CT molecular complexity index is 988. The van der Waals surface area contributed by atoms with Crippen LogP contribution in [0.3, 0.4) is 0 Å². The van der Waals surface area contributed by atoms with E-state index in [1.54, 1.807) is 12.1 Å². The smallest absolute Gasteiger partial charge is 0.489 e. The summed E-state index contributed by atoms with van der Waals surface area (Å²) in [6, 6.07) is 23.9. The van der Waals surface area contributed by atoms with E-state index in [1.807, 2.05) is 54.6 Å². The third kappa shape index (κ3) is 6.02. The van der Waals surface area contributed by atoms with Gasteiger partial charge in [-0.15, -0.1) is 13.2 Å². The van der Waals surface area contributed by atoms with Gasteiger partial charge in [-0.25, -0.2) is 0 Å². The molecule has 0 spiro atoms. The molecule has 1 aliphatic heterocycles. The standard InChI is InChI=1S/C25H25F3N2O2/c26-25(27,28)32-22-11-9-20(10-12-22)24(30-15-13-29-14-16-30)21-7-4-8-23(17-21)31-18-19-5-2-1-3-6-19/h1-12,17,24,29H,13-16,18H2/t24-/m0/s1. The van der Waals surface area contributed by atoms with Gasteiger partial charge in [-0.3, -0.25) is 4.90 Å². The van der Waals surface area contributed by atoms with Crippen molar-refractivity contribution in [2.24, 2.45) is 0 Å². The molecule has 1 heterocycles. The van der Waals surface area contributed by atoms with Crippen molar-refractivity contribution < 1.29 is 22.6 Å². The molecule has 1 aliphatic rings. The van der Waals surface area contributed by atoms with Crippen LogP contribution in [0.1, 0.15) is 22.7 Å². The van der Waals surface area contributed by atoms with E-state index in [1.165, 1.54) is 12.1 Å². The van der Waals surface area contributed by atoms with Gasteiger partial charge in [0.25, 0.3) is 0 Å². The van der Waals surface area contributed by atoms with Gasteiger partial charge in [0.05, 0.1) is 6.04 Å². The van der Waals surface area contributed by atoms with E-state index in [0.29, 0.717) is 6.61 Å². The van der Waals surface area contributed by atoms with Crippen LogP contribution in [0, 0.1) is 0 Å². The average Bonchev–Trinajstić information content (AvgIpc) is 2.80. The summed E-state index contributed by atoms with van der Waals surface area (Å²) in [6.45, 7) is 3.85. The van der Waals surface area contributed by atoms with E-state index in [9.17, 15) is 13.2 Å². The van der Waals surface area contributed by atoms with Gasteiger partial charge >= 0.3 is 6.36 Å². The number of benzene rings is 3. The number of hydrogen-bond acceptors (Lipinski definition) is 4. The molecule has 3 aromatic carbocycles. The number of hydrogen-bond donors (Lipinski definition) is 1. The van der Waals surface area contributed by atoms with Crippen molar-refractivity contribution in [1.82, 2.24) is 10.2 Å². The first kappa shape index (κ1) is 22.2. The molecule has 1 atom stereocenters. The normalized spacial score (nSPS) is 15.8. The highest BCUT2D eigenvalue weighted by atomic mass is 19.4. The summed E-state index contributed by atoms with van der Waals surface area (Å²) >= 11 is 0. The number of alkyl halides is 3. The zero-order chi connectivity index (χ0) is 22.4. The van der Waals surface area contributed by atoms with Gasteiger partial charge in [0.2, 0.25) is 0 Å². The Balaban J connectivity index is 1.58. The van der Waals surface area contributed by atoms with Crippen molar-refractivity contribution in [3.8, 4) is 11.5 Å². The molecule has 0 aliphatic carbocycles. The molecule has 3 aromatic rings. The van der Waals surface area contributed by atoms with Crippen molar-refractivity contribution in [2.45, 2.75) is 19.0 Å². The maximum Gasteiger partial charge on any atom is 0.573 e. The second kappa shape index (κ2) is 10.1. The Kier molecular flexibility index (Phi) is 6.97. The minimum Gasteiger partial charge on any atom is -0.489 e. The van der Waals surface area contributed by atoms with E-state index >= 15 is 0 Å². The lowest BCUT2D eigenvalue weighted by atomic mass is 9.96. The Morgan fingerprint density at radius 3 is 2.22 bits per heavy atom. The Labute approximate surface area is 185 Å². The summed E-state index contributed by atoms with van der Waals surface area (Å²) in [6.07, 6.45) is -4.70. The molecule has 0 bridgehead atoms. The van der Waals surface area contributed by atoms with Crippen LogP contribution in [0.15, 0.2) is 78.9 Å². The second-order valence-corrected chi connectivity index (χ2v) is 7.65. The molecule has 168 valence electrons. The average molecular weight is 442 g/mol. The topological polar surface area (TPSA) is 33.7 Å². The molecule has 0 amide bonds. The summed E-state index contributed by atoms with van der Waals surface area (Å²) in [5, 5.41) is 3.35. The van der Waals surface area contributed by atoms with Crippen LogP contribution in [-0.2, 0) is 6.61 Å². The van der Waals surface area contributed by atoms with E-state index in [4.69, 9.17) is 4.74 Å². The molecule has 0 unspecified atom stereocenters. The van der Waals surface area contributed by atoms with Crippen molar-refractivity contribution >= 4 is 0 Å². The van der Waals surface area contributed by atoms with Gasteiger partial charge in [-0.2, -0.15) is 0 Å². The fourth-order valence-corrected chi connectivity index (χ4v) is 3.92. The molecule has 1 saturated heterocycles. The van der Waals surface area contributed by atoms with Crippen molar-refractivity contribution in [1.29, 1.82) is 0 Å². The third-order valence-corrected chi connectivity index (χ3v) is 5.37. The molecule has 1 N–H and O–H groups in total. The minimum absolute atomic E-state index is 0.0997. The summed E-state index contributed by atoms with van der Waals surface area (Å²) in [7, 11) is 0. The lowest BCUT2D eigenvalue weighted by Crippen LogP contribution is -2.45. The molecule has 0 saturated carbocycles. The number of nitrogens with one attached hydrogen (secondary N) is 1. The number of ether oxygens (including phenoxy) is 2. The van der Waals surface area contributed by atoms with Crippen LogP contribution in [0.4, 0.5) is 13.2 Å². The van der Waals surface area contributed by atoms with Gasteiger partial charge in [-0.05, 0) is 41.0 Å². The molecule has 1 fully saturated rings. The fraction of sp³-hybridized carbons (Fsp3) is 0.280. The van der Waals surface area contributed by atoms with Gasteiger partial charge in [0, 0.05) is 26.2 Å². The van der Waals surface area contributed by atoms with Crippen LogP contribution in [0.2, 0.25) is 0 Å². The molecule has 4 nitrogen and oxygen atoms in total. The maximum absolute atomic E-state index is 12.5. The molecule has 0 radical (unpaired) electrons. The first-order chi connectivity index (χ1) is 15.5. The van der Waals surface area contributed by atoms with Crippen LogP contribution < -0.4 is 14.8 Å². The van der Waals surface area contributed by atoms with E-state index in [2.05, 4.69) is 15.0 Å². The number of rotatable bonds is 7. The van der Waals surface area contributed by atoms with Crippen molar-refractivity contribution in [2.75, 3.05) is 26.2 Å². The summed E-state index contributed by atoms with van der Waals surface area (Å²) < 4.78 is 47.7. The summed E-state index contributed by atoms with van der Waals surface area (Å²) in [5.41, 5.74) is 3.01. The highest BCUT2D eigenvalue weighted by Crippen LogP contribution is 2.33. The minimum atomic E-state index is -4.70. The molecule has 4 rings (SSSR count). The SMILES string of the molecule is FC(F)(F)Oc1ccc([C@@H](c2cccc(OCc3ccccc3)c2)N2CCNCC2)cc1. The van der Waals surface area contributed by atoms with Gasteiger partial charge in [0.1, 0.15) is 18.1 Å². The summed E-state index contributed by atoms with van der Waals surface area (Å²) in [5.74, 6) is 0.531. The number of halogens is 3. The van der Waals surface area contributed by atoms with Crippen LogP contribution in [0.25, 0.3) is 0 Å². The molecular weight excluding hydrogens is 417 g/mol. The van der Waals surface area contributed by atoms with E-state index in [0.717, 1.165) is 48.6 Å². The summed E-state index contributed by atoms with van der Waals surface area (Å²) in [4.78, 5) is 2.33. The molecule has 7 heteroatoms. The maximum atomic E-state index is 12.5. The van der Waals surface area contributed by atoms with Crippen molar-refractivity contribution in [3.05, 3.63) is 95.6 Å². The molecular formula is C25H25F3N2O2. The number of piperazine rings is 1. The zero-order valence-corrected chi connectivity index (χ0v) is 17.5. The number of nitrogens with zero attached hydrogens (tertiary/aromatic N) is 1. The quantitative estimate of drug-likeness (QED) is 0.548. The van der Waals surface area contributed by atoms with Gasteiger partial charge in [0.15, 0.2) is 0 Å². The van der Waals surface area contributed by atoms with Crippen LogP contribution >= 0.6 is 0 Å². The van der Waals surface area contributed by atoms with Crippen LogP contribution in [-0.4, -0.2) is 37.4 Å². The Morgan fingerprint density at radius 1 is 0.812 bits per heavy atom. The predicted octanol–water partition coefficient (Wildman–Crippen LogP) is 5.16. The highest BCUT2D eigenvalue weighted by Gasteiger charge is 2.31. The Morgan fingerprint density at radius 2 is 1.53 bits per heavy atom. The first-order valence-electron chi connectivity index (χ1n) is 10.6. The highest BCUT2D eigenvalue weighted by molar-refractivity contribution is 5.39. The van der Waals surface area contributed by atoms with Crippen molar-refractivity contribution in [3.63, 3.8) is 0 Å². The second-order valence-electron chi connectivity index (χ2n) is 7.65. The lowest BCUT2D eigenvalue weighted by molar-refractivity contribution is -0.274. The fourth-order valence-electron chi connectivity index (χ4n) is 3.92. The van der Waals surface area contributed by atoms with Gasteiger partial charge in [-0.1, -0.05) is 54.6 Å². The predicted molar refractivity (Wildman–Crippen MR) is 117 cm³/mol. The first-order valence-corrected chi connectivity index (χ1v) is 10.6. The van der Waals surface area contributed by atoms with Gasteiger partial charge < -0.3 is 14.8 Å². The molecule has 32 heavy (non-hydrogen) atoms. The third-order valence-electron chi connectivity index (χ3n) is 5.37. The van der Waals surface area contributed by atoms with E-state index in [-0.39, 0.29) is 11.8 Å². The molecule has 0 aromatic heterocycles. The Hall–Kier alpha value is -3.03. The monoisotopic (exact) mass is 442 g/mol.